The molecule has 1 aromatic rings. The van der Waals surface area contributed by atoms with Crippen molar-refractivity contribution in [2.45, 2.75) is 25.8 Å². The maximum Gasteiger partial charge on any atom is 0.0332 e. The van der Waals surface area contributed by atoms with E-state index in [0.717, 1.165) is 6.54 Å². The molecule has 2 heteroatoms. The molecule has 0 radical (unpaired) electrons. The molecule has 0 saturated carbocycles. The van der Waals surface area contributed by atoms with Gasteiger partial charge in [0, 0.05) is 10.5 Å². The third kappa shape index (κ3) is 1.79. The maximum atomic E-state index is 3.65. The Bertz CT molecular complexity index is 303. The molecule has 1 aliphatic heterocycles. The third-order valence-electron chi connectivity index (χ3n) is 2.66. The molecule has 1 atom stereocenters. The molecular weight excluding hydrogens is 226 g/mol. The summed E-state index contributed by atoms with van der Waals surface area (Å²) in [6, 6.07) is 7.05. The second kappa shape index (κ2) is 3.81. The quantitative estimate of drug-likeness (QED) is 0.794. The first kappa shape index (κ1) is 9.22. The van der Waals surface area contributed by atoms with Gasteiger partial charge < -0.3 is 5.32 Å². The van der Waals surface area contributed by atoms with Crippen LogP contribution in [0.1, 0.15) is 30.0 Å². The van der Waals surface area contributed by atoms with Crippen LogP contribution >= 0.6 is 15.9 Å². The van der Waals surface area contributed by atoms with Crippen molar-refractivity contribution >= 4 is 15.9 Å². The van der Waals surface area contributed by atoms with Gasteiger partial charge in [-0.15, -0.1) is 0 Å². The van der Waals surface area contributed by atoms with Crippen molar-refractivity contribution in [3.8, 4) is 0 Å². The zero-order chi connectivity index (χ0) is 9.26. The van der Waals surface area contributed by atoms with Crippen LogP contribution < -0.4 is 5.32 Å². The van der Waals surface area contributed by atoms with E-state index in [2.05, 4.69) is 46.4 Å². The van der Waals surface area contributed by atoms with E-state index in [-0.39, 0.29) is 0 Å². The van der Waals surface area contributed by atoms with Crippen molar-refractivity contribution in [3.05, 3.63) is 33.8 Å². The molecule has 0 aromatic heterocycles. The molecule has 1 N–H and O–H groups in total. The van der Waals surface area contributed by atoms with Gasteiger partial charge in [0.05, 0.1) is 0 Å². The van der Waals surface area contributed by atoms with Crippen LogP contribution in [0.3, 0.4) is 0 Å². The van der Waals surface area contributed by atoms with E-state index in [1.807, 2.05) is 0 Å². The summed E-state index contributed by atoms with van der Waals surface area (Å²) in [7, 11) is 0. The highest BCUT2D eigenvalue weighted by Crippen LogP contribution is 2.31. The minimum atomic E-state index is 0.564. The fourth-order valence-electron chi connectivity index (χ4n) is 1.89. The number of hydrogen-bond acceptors (Lipinski definition) is 1. The van der Waals surface area contributed by atoms with E-state index in [0.29, 0.717) is 6.04 Å². The van der Waals surface area contributed by atoms with Gasteiger partial charge in [-0.3, -0.25) is 0 Å². The largest absolute Gasteiger partial charge is 0.310 e. The Balaban J connectivity index is 2.33. The van der Waals surface area contributed by atoms with E-state index in [4.69, 9.17) is 0 Å². The fraction of sp³-hybridized carbons (Fsp3) is 0.455. The van der Waals surface area contributed by atoms with E-state index >= 15 is 0 Å². The number of hydrogen-bond donors (Lipinski definition) is 1. The monoisotopic (exact) mass is 239 g/mol. The van der Waals surface area contributed by atoms with Crippen LogP contribution in [0.4, 0.5) is 0 Å². The molecule has 1 fully saturated rings. The van der Waals surface area contributed by atoms with Crippen molar-refractivity contribution in [1.82, 2.24) is 5.32 Å². The maximum absolute atomic E-state index is 3.65. The smallest absolute Gasteiger partial charge is 0.0332 e. The van der Waals surface area contributed by atoms with Crippen molar-refractivity contribution < 1.29 is 0 Å². The van der Waals surface area contributed by atoms with Gasteiger partial charge in [0.2, 0.25) is 0 Å². The summed E-state index contributed by atoms with van der Waals surface area (Å²) in [5.74, 6) is 0. The van der Waals surface area contributed by atoms with Gasteiger partial charge in [-0.2, -0.15) is 0 Å². The van der Waals surface area contributed by atoms with Gasteiger partial charge >= 0.3 is 0 Å². The minimum Gasteiger partial charge on any atom is -0.310 e. The molecule has 13 heavy (non-hydrogen) atoms. The van der Waals surface area contributed by atoms with E-state index in [1.165, 1.54) is 28.4 Å². The first-order chi connectivity index (χ1) is 6.29. The zero-order valence-electron chi connectivity index (χ0n) is 7.81. The summed E-state index contributed by atoms with van der Waals surface area (Å²) in [6.07, 6.45) is 2.56. The highest BCUT2D eigenvalue weighted by atomic mass is 79.9. The van der Waals surface area contributed by atoms with Gasteiger partial charge in [0.1, 0.15) is 0 Å². The first-order valence-corrected chi connectivity index (χ1v) is 5.57. The molecule has 0 bridgehead atoms. The standard InChI is InChI=1S/C11H14BrN/c1-8-4-2-5-9(11(8)12)10-6-3-7-13-10/h2,4-5,10,13H,3,6-7H2,1H3. The summed E-state index contributed by atoms with van der Waals surface area (Å²) < 4.78 is 1.27. The van der Waals surface area contributed by atoms with Crippen LogP contribution in [0, 0.1) is 6.92 Å². The van der Waals surface area contributed by atoms with Crippen LogP contribution in [0.25, 0.3) is 0 Å². The van der Waals surface area contributed by atoms with Crippen molar-refractivity contribution in [2.24, 2.45) is 0 Å². The summed E-state index contributed by atoms with van der Waals surface area (Å²) >= 11 is 3.65. The summed E-state index contributed by atoms with van der Waals surface area (Å²) in [6.45, 7) is 3.30. The molecule has 0 spiro atoms. The lowest BCUT2D eigenvalue weighted by Gasteiger charge is -2.13. The van der Waals surface area contributed by atoms with Crippen molar-refractivity contribution in [3.63, 3.8) is 0 Å². The molecule has 1 nitrogen and oxygen atoms in total. The molecule has 0 aliphatic carbocycles. The fourth-order valence-corrected chi connectivity index (χ4v) is 2.43. The molecule has 1 aliphatic rings. The van der Waals surface area contributed by atoms with Gasteiger partial charge in [-0.05, 0) is 37.4 Å². The second-order valence-electron chi connectivity index (χ2n) is 3.63. The lowest BCUT2D eigenvalue weighted by atomic mass is 10.0. The Morgan fingerprint density at radius 2 is 2.31 bits per heavy atom. The molecule has 1 unspecified atom stereocenters. The molecular formula is C11H14BrN. The summed E-state index contributed by atoms with van der Waals surface area (Å²) in [5.41, 5.74) is 2.74. The molecule has 70 valence electrons. The van der Waals surface area contributed by atoms with Crippen LogP contribution in [0.15, 0.2) is 22.7 Å². The Kier molecular flexibility index (Phi) is 2.70. The van der Waals surface area contributed by atoms with Crippen molar-refractivity contribution in [1.29, 1.82) is 0 Å². The SMILES string of the molecule is Cc1cccc(C2CCCN2)c1Br. The summed E-state index contributed by atoms with van der Waals surface area (Å²) in [5, 5.41) is 3.51. The predicted molar refractivity (Wildman–Crippen MR) is 58.9 cm³/mol. The number of rotatable bonds is 1. The highest BCUT2D eigenvalue weighted by molar-refractivity contribution is 9.10. The third-order valence-corrected chi connectivity index (χ3v) is 3.74. The Hall–Kier alpha value is -0.340. The van der Waals surface area contributed by atoms with Gasteiger partial charge in [-0.1, -0.05) is 34.1 Å². The molecule has 0 amide bonds. The molecule has 1 saturated heterocycles. The van der Waals surface area contributed by atoms with Crippen molar-refractivity contribution in [2.75, 3.05) is 6.54 Å². The number of halogens is 1. The van der Waals surface area contributed by atoms with E-state index < -0.39 is 0 Å². The van der Waals surface area contributed by atoms with Crippen LogP contribution in [-0.4, -0.2) is 6.54 Å². The number of nitrogens with one attached hydrogen (secondary N) is 1. The lowest BCUT2D eigenvalue weighted by Crippen LogP contribution is -2.13. The average Bonchev–Trinajstić information content (AvgIpc) is 2.62. The Labute approximate surface area is 87.7 Å². The topological polar surface area (TPSA) is 12.0 Å². The second-order valence-corrected chi connectivity index (χ2v) is 4.42. The van der Waals surface area contributed by atoms with Gasteiger partial charge in [-0.25, -0.2) is 0 Å². The van der Waals surface area contributed by atoms with E-state index in [1.54, 1.807) is 0 Å². The minimum absolute atomic E-state index is 0.564. The number of benzene rings is 1. The normalized spacial score (nSPS) is 22.2. The van der Waals surface area contributed by atoms with Crippen LogP contribution in [-0.2, 0) is 0 Å². The van der Waals surface area contributed by atoms with Crippen LogP contribution in [0.5, 0.6) is 0 Å². The summed E-state index contributed by atoms with van der Waals surface area (Å²) in [4.78, 5) is 0. The zero-order valence-corrected chi connectivity index (χ0v) is 9.39. The lowest BCUT2D eigenvalue weighted by molar-refractivity contribution is 0.644. The predicted octanol–water partition coefficient (Wildman–Crippen LogP) is 3.18. The van der Waals surface area contributed by atoms with Gasteiger partial charge in [0.25, 0.3) is 0 Å². The van der Waals surface area contributed by atoms with Gasteiger partial charge in [0.15, 0.2) is 0 Å². The molecule has 1 heterocycles. The molecule has 2 rings (SSSR count). The number of aryl methyl sites for hydroxylation is 1. The first-order valence-electron chi connectivity index (χ1n) is 4.77. The Morgan fingerprint density at radius 1 is 1.46 bits per heavy atom. The van der Waals surface area contributed by atoms with Crippen LogP contribution in [0.2, 0.25) is 0 Å². The van der Waals surface area contributed by atoms with E-state index in [9.17, 15) is 0 Å². The Morgan fingerprint density at radius 3 is 3.00 bits per heavy atom. The molecule has 1 aromatic carbocycles. The highest BCUT2D eigenvalue weighted by Gasteiger charge is 2.18. The average molecular weight is 240 g/mol.